The Labute approximate surface area is 185 Å². The number of thioether (sulfide) groups is 1. The summed E-state index contributed by atoms with van der Waals surface area (Å²) >= 11 is 7.24. The summed E-state index contributed by atoms with van der Waals surface area (Å²) in [6.07, 6.45) is 1.72. The lowest BCUT2D eigenvalue weighted by molar-refractivity contribution is -0.119. The lowest BCUT2D eigenvalue weighted by Crippen LogP contribution is -2.42. The van der Waals surface area contributed by atoms with Crippen LogP contribution in [0.4, 0.5) is 0 Å². The first-order chi connectivity index (χ1) is 14.4. The SMILES string of the molecule is O=C(CSCc1ccc(Cl)cc1)NNC(=O)c1ccc(S(=O)(=O)N2CCCC2)cc1. The molecule has 1 aliphatic heterocycles. The highest BCUT2D eigenvalue weighted by atomic mass is 35.5. The summed E-state index contributed by atoms with van der Waals surface area (Å²) < 4.78 is 26.5. The second-order valence-electron chi connectivity index (χ2n) is 6.76. The van der Waals surface area contributed by atoms with Crippen LogP contribution in [-0.2, 0) is 20.6 Å². The molecule has 0 aliphatic carbocycles. The molecule has 0 spiro atoms. The van der Waals surface area contributed by atoms with Crippen LogP contribution in [-0.4, -0.2) is 43.4 Å². The Morgan fingerprint density at radius 1 is 0.967 bits per heavy atom. The molecule has 1 fully saturated rings. The zero-order valence-electron chi connectivity index (χ0n) is 16.1. The van der Waals surface area contributed by atoms with E-state index in [0.717, 1.165) is 18.4 Å². The van der Waals surface area contributed by atoms with Gasteiger partial charge in [0.15, 0.2) is 0 Å². The number of hydrogen-bond acceptors (Lipinski definition) is 5. The number of carbonyl (C=O) groups excluding carboxylic acids is 2. The van der Waals surface area contributed by atoms with E-state index in [1.807, 2.05) is 12.1 Å². The van der Waals surface area contributed by atoms with E-state index in [-0.39, 0.29) is 22.1 Å². The maximum atomic E-state index is 12.5. The molecule has 10 heteroatoms. The molecule has 0 bridgehead atoms. The van der Waals surface area contributed by atoms with Crippen LogP contribution in [0.3, 0.4) is 0 Å². The van der Waals surface area contributed by atoms with Crippen molar-refractivity contribution in [2.24, 2.45) is 0 Å². The Balaban J connectivity index is 1.45. The molecule has 1 saturated heterocycles. The van der Waals surface area contributed by atoms with Gasteiger partial charge in [-0.15, -0.1) is 11.8 Å². The zero-order chi connectivity index (χ0) is 21.6. The molecule has 0 atom stereocenters. The predicted octanol–water partition coefficient (Wildman–Crippen LogP) is 2.82. The van der Waals surface area contributed by atoms with E-state index in [1.165, 1.54) is 40.3 Å². The fraction of sp³-hybridized carbons (Fsp3) is 0.300. The van der Waals surface area contributed by atoms with Crippen LogP contribution < -0.4 is 10.9 Å². The van der Waals surface area contributed by atoms with Crippen LogP contribution in [0.1, 0.15) is 28.8 Å². The molecule has 0 aromatic heterocycles. The number of carbonyl (C=O) groups is 2. The van der Waals surface area contributed by atoms with Crippen molar-refractivity contribution in [3.8, 4) is 0 Å². The molecule has 2 aromatic rings. The van der Waals surface area contributed by atoms with Crippen molar-refractivity contribution in [2.45, 2.75) is 23.5 Å². The topological polar surface area (TPSA) is 95.6 Å². The van der Waals surface area contributed by atoms with Crippen molar-refractivity contribution < 1.29 is 18.0 Å². The first-order valence-corrected chi connectivity index (χ1v) is 12.3. The summed E-state index contributed by atoms with van der Waals surface area (Å²) in [5.41, 5.74) is 6.00. The van der Waals surface area contributed by atoms with E-state index in [1.54, 1.807) is 12.1 Å². The maximum absolute atomic E-state index is 12.5. The molecule has 0 saturated carbocycles. The Kier molecular flexibility index (Phi) is 7.76. The number of hydrazine groups is 1. The number of hydrogen-bond donors (Lipinski definition) is 2. The van der Waals surface area contributed by atoms with Crippen molar-refractivity contribution in [1.29, 1.82) is 0 Å². The average molecular weight is 468 g/mol. The van der Waals surface area contributed by atoms with E-state index >= 15 is 0 Å². The number of nitrogens with zero attached hydrogens (tertiary/aromatic N) is 1. The molecule has 1 heterocycles. The van der Waals surface area contributed by atoms with E-state index in [2.05, 4.69) is 10.9 Å². The highest BCUT2D eigenvalue weighted by molar-refractivity contribution is 7.99. The minimum Gasteiger partial charge on any atom is -0.272 e. The van der Waals surface area contributed by atoms with E-state index in [9.17, 15) is 18.0 Å². The predicted molar refractivity (Wildman–Crippen MR) is 118 cm³/mol. The summed E-state index contributed by atoms with van der Waals surface area (Å²) in [7, 11) is -3.52. The van der Waals surface area contributed by atoms with Gasteiger partial charge in [0.1, 0.15) is 0 Å². The van der Waals surface area contributed by atoms with Crippen LogP contribution in [0.15, 0.2) is 53.4 Å². The Morgan fingerprint density at radius 2 is 1.60 bits per heavy atom. The Bertz CT molecular complexity index is 990. The fourth-order valence-corrected chi connectivity index (χ4v) is 5.36. The normalized spacial score (nSPS) is 14.4. The summed E-state index contributed by atoms with van der Waals surface area (Å²) in [5, 5.41) is 0.658. The number of benzene rings is 2. The number of rotatable bonds is 7. The first kappa shape index (κ1) is 22.6. The fourth-order valence-electron chi connectivity index (χ4n) is 2.93. The van der Waals surface area contributed by atoms with E-state index < -0.39 is 15.9 Å². The zero-order valence-corrected chi connectivity index (χ0v) is 18.5. The summed E-state index contributed by atoms with van der Waals surface area (Å²) in [4.78, 5) is 24.2. The van der Waals surface area contributed by atoms with Crippen molar-refractivity contribution in [3.63, 3.8) is 0 Å². The molecule has 3 rings (SSSR count). The minimum absolute atomic E-state index is 0.156. The van der Waals surface area contributed by atoms with Crippen molar-refractivity contribution >= 4 is 45.2 Å². The second kappa shape index (κ2) is 10.3. The van der Waals surface area contributed by atoms with Crippen LogP contribution in [0.25, 0.3) is 0 Å². The molecule has 7 nitrogen and oxygen atoms in total. The standard InChI is InChI=1S/C20H22ClN3O4S2/c21-17-7-3-15(4-8-17)13-29-14-19(25)22-23-20(26)16-5-9-18(10-6-16)30(27,28)24-11-1-2-12-24/h3-10H,1-2,11-14H2,(H,22,25)(H,23,26). The van der Waals surface area contributed by atoms with E-state index in [4.69, 9.17) is 11.6 Å². The molecule has 0 radical (unpaired) electrons. The average Bonchev–Trinajstić information content (AvgIpc) is 3.29. The van der Waals surface area contributed by atoms with E-state index in [0.29, 0.717) is 23.9 Å². The molecule has 0 unspecified atom stereocenters. The Morgan fingerprint density at radius 3 is 2.23 bits per heavy atom. The van der Waals surface area contributed by atoms with Gasteiger partial charge in [-0.05, 0) is 54.8 Å². The highest BCUT2D eigenvalue weighted by Crippen LogP contribution is 2.21. The number of amides is 2. The molecular formula is C20H22ClN3O4S2. The molecule has 2 aromatic carbocycles. The quantitative estimate of drug-likeness (QED) is 0.610. The molecule has 160 valence electrons. The van der Waals surface area contributed by atoms with Gasteiger partial charge >= 0.3 is 0 Å². The molecule has 2 N–H and O–H groups in total. The number of halogens is 1. The molecular weight excluding hydrogens is 446 g/mol. The van der Waals surface area contributed by atoms with Gasteiger partial charge in [-0.3, -0.25) is 20.4 Å². The van der Waals surface area contributed by atoms with Gasteiger partial charge in [0.25, 0.3) is 5.91 Å². The van der Waals surface area contributed by atoms with Crippen molar-refractivity contribution in [3.05, 3.63) is 64.7 Å². The smallest absolute Gasteiger partial charge is 0.269 e. The lowest BCUT2D eigenvalue weighted by Gasteiger charge is -2.15. The van der Waals surface area contributed by atoms with Gasteiger partial charge < -0.3 is 0 Å². The number of sulfonamides is 1. The minimum atomic E-state index is -3.52. The summed E-state index contributed by atoms with van der Waals surface area (Å²) in [6, 6.07) is 13.0. The Hall–Kier alpha value is -2.07. The first-order valence-electron chi connectivity index (χ1n) is 9.38. The molecule has 1 aliphatic rings. The van der Waals surface area contributed by atoms with Crippen LogP contribution in [0, 0.1) is 0 Å². The van der Waals surface area contributed by atoms with Gasteiger partial charge in [0.2, 0.25) is 15.9 Å². The monoisotopic (exact) mass is 467 g/mol. The highest BCUT2D eigenvalue weighted by Gasteiger charge is 2.27. The lowest BCUT2D eigenvalue weighted by atomic mass is 10.2. The van der Waals surface area contributed by atoms with Crippen molar-refractivity contribution in [2.75, 3.05) is 18.8 Å². The second-order valence-corrected chi connectivity index (χ2v) is 10.1. The third kappa shape index (κ3) is 5.98. The van der Waals surface area contributed by atoms with Crippen LogP contribution in [0.5, 0.6) is 0 Å². The summed E-state index contributed by atoms with van der Waals surface area (Å²) in [6.45, 7) is 1.04. The molecule has 2 amide bonds. The molecule has 30 heavy (non-hydrogen) atoms. The third-order valence-corrected chi connectivity index (χ3v) is 7.72. The number of nitrogens with one attached hydrogen (secondary N) is 2. The summed E-state index contributed by atoms with van der Waals surface area (Å²) in [5.74, 6) is -0.0340. The van der Waals surface area contributed by atoms with Gasteiger partial charge in [0.05, 0.1) is 10.6 Å². The third-order valence-electron chi connectivity index (χ3n) is 4.55. The largest absolute Gasteiger partial charge is 0.272 e. The van der Waals surface area contributed by atoms with Crippen molar-refractivity contribution in [1.82, 2.24) is 15.2 Å². The maximum Gasteiger partial charge on any atom is 0.269 e. The van der Waals surface area contributed by atoms with Crippen LogP contribution in [0.2, 0.25) is 5.02 Å². The van der Waals surface area contributed by atoms with Crippen LogP contribution >= 0.6 is 23.4 Å². The van der Waals surface area contributed by atoms with Gasteiger partial charge in [0, 0.05) is 29.4 Å². The van der Waals surface area contributed by atoms with Gasteiger partial charge in [-0.2, -0.15) is 4.31 Å². The van der Waals surface area contributed by atoms with Gasteiger partial charge in [-0.25, -0.2) is 8.42 Å². The van der Waals surface area contributed by atoms with Gasteiger partial charge in [-0.1, -0.05) is 23.7 Å².